The molecule has 0 unspecified atom stereocenters. The Bertz CT molecular complexity index is 809. The van der Waals surface area contributed by atoms with Gasteiger partial charge < -0.3 is 10.1 Å². The number of carbonyl (C=O) groups is 3. The Morgan fingerprint density at radius 1 is 1.41 bits per heavy atom. The molecule has 0 saturated carbocycles. The normalized spacial score (nSPS) is 13.6. The van der Waals surface area contributed by atoms with Crippen LogP contribution in [0.5, 0.6) is 0 Å². The number of nitrogens with zero attached hydrogens (tertiary/aromatic N) is 1. The van der Waals surface area contributed by atoms with Gasteiger partial charge in [-0.05, 0) is 30.2 Å². The lowest BCUT2D eigenvalue weighted by Gasteiger charge is -2.15. The summed E-state index contributed by atoms with van der Waals surface area (Å²) in [7, 11) is 0. The molecular formula is C15H13BrN2O4. The molecule has 3 rings (SSSR count). The third-order valence-corrected chi connectivity index (χ3v) is 4.05. The zero-order valence-corrected chi connectivity index (χ0v) is 13.4. The van der Waals surface area contributed by atoms with Crippen LogP contribution in [0.2, 0.25) is 0 Å². The number of carbonyl (C=O) groups excluding carboxylic acids is 3. The standard InChI is InChI=1S/C15H13BrN2O4/c1-8(19)22-7-13(20)18-12-3-2-9(16)6-11(12)10-4-5-17-15(21)14(10)18/h2-3,6H,4-5,7H2,1H3,(H,17,21). The van der Waals surface area contributed by atoms with Crippen molar-refractivity contribution < 1.29 is 19.1 Å². The molecule has 0 spiro atoms. The third kappa shape index (κ3) is 2.41. The summed E-state index contributed by atoms with van der Waals surface area (Å²) in [6, 6.07) is 5.47. The van der Waals surface area contributed by atoms with Gasteiger partial charge in [-0.15, -0.1) is 0 Å². The van der Waals surface area contributed by atoms with Crippen molar-refractivity contribution in [3.05, 3.63) is 33.9 Å². The van der Waals surface area contributed by atoms with E-state index in [2.05, 4.69) is 21.2 Å². The van der Waals surface area contributed by atoms with E-state index in [1.807, 2.05) is 6.07 Å². The SMILES string of the molecule is CC(=O)OCC(=O)n1c2c(c3cc(Br)ccc31)CCNC2=O. The Kier molecular flexibility index (Phi) is 3.74. The molecule has 22 heavy (non-hydrogen) atoms. The summed E-state index contributed by atoms with van der Waals surface area (Å²) in [5, 5.41) is 3.60. The third-order valence-electron chi connectivity index (χ3n) is 3.56. The Hall–Kier alpha value is -2.15. The van der Waals surface area contributed by atoms with E-state index in [-0.39, 0.29) is 5.91 Å². The van der Waals surface area contributed by atoms with Crippen LogP contribution >= 0.6 is 15.9 Å². The smallest absolute Gasteiger partial charge is 0.303 e. The maximum Gasteiger partial charge on any atom is 0.303 e. The topological polar surface area (TPSA) is 77.4 Å². The molecule has 1 N–H and O–H groups in total. The van der Waals surface area contributed by atoms with Crippen LogP contribution in [0.25, 0.3) is 10.9 Å². The highest BCUT2D eigenvalue weighted by Crippen LogP contribution is 2.30. The number of esters is 1. The number of aromatic nitrogens is 1. The summed E-state index contributed by atoms with van der Waals surface area (Å²) in [6.07, 6.45) is 0.655. The second-order valence-corrected chi connectivity index (χ2v) is 5.92. The minimum absolute atomic E-state index is 0.287. The van der Waals surface area contributed by atoms with Crippen molar-refractivity contribution in [3.63, 3.8) is 0 Å². The zero-order valence-electron chi connectivity index (χ0n) is 11.8. The van der Waals surface area contributed by atoms with Gasteiger partial charge in [0, 0.05) is 23.3 Å². The first-order valence-corrected chi connectivity index (χ1v) is 7.56. The van der Waals surface area contributed by atoms with Gasteiger partial charge in [0.2, 0.25) is 0 Å². The Labute approximate surface area is 134 Å². The second kappa shape index (κ2) is 5.57. The molecule has 7 heteroatoms. The minimum Gasteiger partial charge on any atom is -0.456 e. The lowest BCUT2D eigenvalue weighted by atomic mass is 10.0. The summed E-state index contributed by atoms with van der Waals surface area (Å²) < 4.78 is 6.99. The van der Waals surface area contributed by atoms with E-state index in [1.165, 1.54) is 11.5 Å². The number of benzene rings is 1. The Morgan fingerprint density at radius 2 is 2.18 bits per heavy atom. The molecule has 1 aromatic heterocycles. The van der Waals surface area contributed by atoms with Crippen molar-refractivity contribution in [2.24, 2.45) is 0 Å². The average Bonchev–Trinajstić information content (AvgIpc) is 2.80. The predicted molar refractivity (Wildman–Crippen MR) is 82.9 cm³/mol. The van der Waals surface area contributed by atoms with Gasteiger partial charge in [0.25, 0.3) is 11.8 Å². The molecule has 2 heterocycles. The molecule has 0 atom stereocenters. The van der Waals surface area contributed by atoms with Crippen molar-refractivity contribution in [3.8, 4) is 0 Å². The van der Waals surface area contributed by atoms with E-state index in [9.17, 15) is 14.4 Å². The number of hydrogen-bond donors (Lipinski definition) is 1. The summed E-state index contributed by atoms with van der Waals surface area (Å²) >= 11 is 3.41. The van der Waals surface area contributed by atoms with Crippen molar-refractivity contribution in [1.82, 2.24) is 9.88 Å². The van der Waals surface area contributed by atoms with Crippen molar-refractivity contribution >= 4 is 44.6 Å². The maximum atomic E-state index is 12.4. The first-order valence-electron chi connectivity index (χ1n) is 6.76. The lowest BCUT2D eigenvalue weighted by Crippen LogP contribution is -2.35. The van der Waals surface area contributed by atoms with Crippen LogP contribution in [0.4, 0.5) is 0 Å². The molecular weight excluding hydrogens is 352 g/mol. The van der Waals surface area contributed by atoms with E-state index < -0.39 is 18.5 Å². The molecule has 0 fully saturated rings. The Morgan fingerprint density at radius 3 is 2.91 bits per heavy atom. The predicted octanol–water partition coefficient (Wildman–Crippen LogP) is 1.89. The molecule has 114 valence electrons. The number of fused-ring (bicyclic) bond motifs is 3. The second-order valence-electron chi connectivity index (χ2n) is 5.00. The van der Waals surface area contributed by atoms with Crippen LogP contribution in [0, 0.1) is 0 Å². The fourth-order valence-electron chi connectivity index (χ4n) is 2.69. The van der Waals surface area contributed by atoms with Crippen LogP contribution in [0.3, 0.4) is 0 Å². The minimum atomic E-state index is -0.536. The molecule has 0 bridgehead atoms. The molecule has 0 radical (unpaired) electrons. The zero-order chi connectivity index (χ0) is 15.9. The van der Waals surface area contributed by atoms with Crippen LogP contribution in [0.15, 0.2) is 22.7 Å². The first kappa shape index (κ1) is 14.8. The largest absolute Gasteiger partial charge is 0.456 e. The fourth-order valence-corrected chi connectivity index (χ4v) is 3.05. The average molecular weight is 365 g/mol. The monoisotopic (exact) mass is 364 g/mol. The molecule has 0 aliphatic carbocycles. The number of hydrogen-bond acceptors (Lipinski definition) is 4. The number of rotatable bonds is 2. The van der Waals surface area contributed by atoms with Gasteiger partial charge in [-0.1, -0.05) is 15.9 Å². The first-order chi connectivity index (χ1) is 10.5. The van der Waals surface area contributed by atoms with Crippen molar-refractivity contribution in [2.45, 2.75) is 13.3 Å². The van der Waals surface area contributed by atoms with Gasteiger partial charge >= 0.3 is 5.97 Å². The summed E-state index contributed by atoms with van der Waals surface area (Å²) in [6.45, 7) is 1.38. The van der Waals surface area contributed by atoms with E-state index in [0.717, 1.165) is 15.4 Å². The lowest BCUT2D eigenvalue weighted by molar-refractivity contribution is -0.139. The molecule has 1 aliphatic rings. The highest BCUT2D eigenvalue weighted by Gasteiger charge is 2.28. The van der Waals surface area contributed by atoms with Gasteiger partial charge in [0.05, 0.1) is 5.52 Å². The molecule has 6 nitrogen and oxygen atoms in total. The summed E-state index contributed by atoms with van der Waals surface area (Å²) in [5.41, 5.74) is 1.81. The number of ether oxygens (including phenoxy) is 1. The van der Waals surface area contributed by atoms with E-state index in [4.69, 9.17) is 4.74 Å². The van der Waals surface area contributed by atoms with Gasteiger partial charge in [0.15, 0.2) is 6.61 Å². The number of nitrogens with one attached hydrogen (secondary N) is 1. The Balaban J connectivity index is 2.19. The molecule has 1 aliphatic heterocycles. The number of amides is 1. The molecule has 0 saturated heterocycles. The summed E-state index contributed by atoms with van der Waals surface area (Å²) in [4.78, 5) is 35.5. The highest BCUT2D eigenvalue weighted by molar-refractivity contribution is 9.10. The summed E-state index contributed by atoms with van der Waals surface area (Å²) in [5.74, 6) is -1.27. The van der Waals surface area contributed by atoms with Gasteiger partial charge in [-0.25, -0.2) is 0 Å². The van der Waals surface area contributed by atoms with E-state index >= 15 is 0 Å². The van der Waals surface area contributed by atoms with Crippen LogP contribution < -0.4 is 5.32 Å². The molecule has 2 aromatic rings. The maximum absolute atomic E-state index is 12.4. The van der Waals surface area contributed by atoms with Crippen LogP contribution in [-0.4, -0.2) is 35.5 Å². The van der Waals surface area contributed by atoms with Crippen LogP contribution in [-0.2, 0) is 16.0 Å². The molecule has 1 aromatic carbocycles. The number of halogens is 1. The fraction of sp³-hybridized carbons (Fsp3) is 0.267. The van der Waals surface area contributed by atoms with E-state index in [0.29, 0.717) is 24.2 Å². The van der Waals surface area contributed by atoms with Crippen molar-refractivity contribution in [2.75, 3.05) is 13.2 Å². The van der Waals surface area contributed by atoms with Gasteiger partial charge in [-0.3, -0.25) is 19.0 Å². The van der Waals surface area contributed by atoms with E-state index in [1.54, 1.807) is 12.1 Å². The van der Waals surface area contributed by atoms with Gasteiger partial charge in [0.1, 0.15) is 5.69 Å². The highest BCUT2D eigenvalue weighted by atomic mass is 79.9. The van der Waals surface area contributed by atoms with Crippen LogP contribution in [0.1, 0.15) is 27.8 Å². The van der Waals surface area contributed by atoms with Gasteiger partial charge in [-0.2, -0.15) is 0 Å². The molecule has 1 amide bonds. The quantitative estimate of drug-likeness (QED) is 0.825. The van der Waals surface area contributed by atoms with Crippen molar-refractivity contribution in [1.29, 1.82) is 0 Å².